The molecular formula is C23H24N4. The van der Waals surface area contributed by atoms with Gasteiger partial charge in [-0.3, -0.25) is 9.58 Å². The van der Waals surface area contributed by atoms with Gasteiger partial charge in [0.1, 0.15) is 0 Å². The molecule has 0 bridgehead atoms. The molecule has 4 nitrogen and oxygen atoms in total. The Balaban J connectivity index is 1.37. The molecule has 1 aliphatic rings. The van der Waals surface area contributed by atoms with Crippen LogP contribution in [0.2, 0.25) is 0 Å². The van der Waals surface area contributed by atoms with Crippen molar-refractivity contribution in [3.63, 3.8) is 0 Å². The highest BCUT2D eigenvalue weighted by Crippen LogP contribution is 2.25. The fourth-order valence-corrected chi connectivity index (χ4v) is 3.84. The molecule has 0 atom stereocenters. The number of hydrogen-bond acceptors (Lipinski definition) is 3. The SMILES string of the molecule is Cc1cccc(-c2ccn(C3CCN(Cc4cccc(C#N)c4)CC3)n2)c1. The lowest BCUT2D eigenvalue weighted by Gasteiger charge is -2.32. The van der Waals surface area contributed by atoms with Crippen LogP contribution in [-0.4, -0.2) is 27.8 Å². The van der Waals surface area contributed by atoms with Crippen molar-refractivity contribution < 1.29 is 0 Å². The average Bonchev–Trinajstić information content (AvgIpc) is 3.19. The first kappa shape index (κ1) is 17.5. The van der Waals surface area contributed by atoms with Gasteiger partial charge in [0.05, 0.1) is 23.4 Å². The lowest BCUT2D eigenvalue weighted by atomic mass is 10.0. The fraction of sp³-hybridized carbons (Fsp3) is 0.304. The Kier molecular flexibility index (Phi) is 5.04. The second kappa shape index (κ2) is 7.77. The van der Waals surface area contributed by atoms with Crippen LogP contribution in [-0.2, 0) is 6.54 Å². The van der Waals surface area contributed by atoms with E-state index in [1.165, 1.54) is 16.7 Å². The normalized spacial score (nSPS) is 15.6. The van der Waals surface area contributed by atoms with Gasteiger partial charge < -0.3 is 0 Å². The Morgan fingerprint density at radius 2 is 1.89 bits per heavy atom. The van der Waals surface area contributed by atoms with Gasteiger partial charge >= 0.3 is 0 Å². The minimum absolute atomic E-state index is 0.463. The molecule has 3 aromatic rings. The summed E-state index contributed by atoms with van der Waals surface area (Å²) in [6.45, 7) is 5.14. The number of benzene rings is 2. The van der Waals surface area contributed by atoms with Crippen LogP contribution in [0, 0.1) is 18.3 Å². The maximum Gasteiger partial charge on any atom is 0.0991 e. The molecule has 1 aromatic heterocycles. The van der Waals surface area contributed by atoms with Crippen LogP contribution in [0.1, 0.15) is 35.6 Å². The molecule has 0 aliphatic carbocycles. The van der Waals surface area contributed by atoms with E-state index in [9.17, 15) is 0 Å². The van der Waals surface area contributed by atoms with Gasteiger partial charge in [-0.05, 0) is 49.6 Å². The van der Waals surface area contributed by atoms with Crippen molar-refractivity contribution in [3.8, 4) is 17.3 Å². The summed E-state index contributed by atoms with van der Waals surface area (Å²) in [6, 6.07) is 21.2. The first-order valence-electron chi connectivity index (χ1n) is 9.55. The number of nitrogens with zero attached hydrogens (tertiary/aromatic N) is 4. The van der Waals surface area contributed by atoms with Crippen molar-refractivity contribution in [1.82, 2.24) is 14.7 Å². The van der Waals surface area contributed by atoms with Crippen molar-refractivity contribution in [1.29, 1.82) is 5.26 Å². The molecule has 4 rings (SSSR count). The average molecular weight is 356 g/mol. The molecule has 0 saturated carbocycles. The molecule has 0 radical (unpaired) electrons. The Bertz CT molecular complexity index is 958. The summed E-state index contributed by atoms with van der Waals surface area (Å²) < 4.78 is 2.14. The first-order valence-corrected chi connectivity index (χ1v) is 9.55. The Labute approximate surface area is 160 Å². The summed E-state index contributed by atoms with van der Waals surface area (Å²) in [5, 5.41) is 13.9. The van der Waals surface area contributed by atoms with Crippen LogP contribution < -0.4 is 0 Å². The molecule has 2 aromatic carbocycles. The molecule has 4 heteroatoms. The zero-order valence-electron chi connectivity index (χ0n) is 15.7. The summed E-state index contributed by atoms with van der Waals surface area (Å²) in [4.78, 5) is 2.47. The van der Waals surface area contributed by atoms with Crippen molar-refractivity contribution in [2.75, 3.05) is 13.1 Å². The van der Waals surface area contributed by atoms with Gasteiger partial charge in [0, 0.05) is 31.4 Å². The van der Waals surface area contributed by atoms with E-state index in [-0.39, 0.29) is 0 Å². The van der Waals surface area contributed by atoms with Gasteiger partial charge in [-0.15, -0.1) is 0 Å². The van der Waals surface area contributed by atoms with Gasteiger partial charge in [-0.2, -0.15) is 10.4 Å². The smallest absolute Gasteiger partial charge is 0.0991 e. The quantitative estimate of drug-likeness (QED) is 0.688. The zero-order valence-corrected chi connectivity index (χ0v) is 15.7. The summed E-state index contributed by atoms with van der Waals surface area (Å²) >= 11 is 0. The largest absolute Gasteiger partial charge is 0.299 e. The molecular weight excluding hydrogens is 332 g/mol. The maximum absolute atomic E-state index is 9.05. The summed E-state index contributed by atoms with van der Waals surface area (Å²) in [5.74, 6) is 0. The predicted octanol–water partition coefficient (Wildman–Crippen LogP) is 4.57. The molecule has 1 aliphatic heterocycles. The van der Waals surface area contributed by atoms with Crippen LogP contribution in [0.5, 0.6) is 0 Å². The monoisotopic (exact) mass is 356 g/mol. The minimum atomic E-state index is 0.463. The second-order valence-corrected chi connectivity index (χ2v) is 7.37. The van der Waals surface area contributed by atoms with Crippen LogP contribution in [0.25, 0.3) is 11.3 Å². The van der Waals surface area contributed by atoms with Gasteiger partial charge in [0.2, 0.25) is 0 Å². The predicted molar refractivity (Wildman–Crippen MR) is 107 cm³/mol. The van der Waals surface area contributed by atoms with E-state index in [4.69, 9.17) is 10.4 Å². The number of aromatic nitrogens is 2. The highest BCUT2D eigenvalue weighted by atomic mass is 15.3. The summed E-state index contributed by atoms with van der Waals surface area (Å²) in [6.07, 6.45) is 4.33. The van der Waals surface area contributed by atoms with E-state index < -0.39 is 0 Å². The van der Waals surface area contributed by atoms with Crippen molar-refractivity contribution in [3.05, 3.63) is 77.5 Å². The first-order chi connectivity index (χ1) is 13.2. The topological polar surface area (TPSA) is 44.9 Å². The highest BCUT2D eigenvalue weighted by Gasteiger charge is 2.21. The van der Waals surface area contributed by atoms with Crippen molar-refractivity contribution >= 4 is 0 Å². The number of likely N-dealkylation sites (tertiary alicyclic amines) is 1. The maximum atomic E-state index is 9.05. The molecule has 1 fully saturated rings. The number of rotatable bonds is 4. The zero-order chi connectivity index (χ0) is 18.6. The fourth-order valence-electron chi connectivity index (χ4n) is 3.84. The number of hydrogen-bond donors (Lipinski definition) is 0. The van der Waals surface area contributed by atoms with Crippen LogP contribution in [0.4, 0.5) is 0 Å². The highest BCUT2D eigenvalue weighted by molar-refractivity contribution is 5.59. The summed E-state index contributed by atoms with van der Waals surface area (Å²) in [5.41, 5.74) is 5.45. The lowest BCUT2D eigenvalue weighted by molar-refractivity contribution is 0.173. The molecule has 0 spiro atoms. The third kappa shape index (κ3) is 4.10. The Hall–Kier alpha value is -2.90. The summed E-state index contributed by atoms with van der Waals surface area (Å²) in [7, 11) is 0. The van der Waals surface area contributed by atoms with Crippen LogP contribution in [0.3, 0.4) is 0 Å². The molecule has 136 valence electrons. The molecule has 27 heavy (non-hydrogen) atoms. The molecule has 0 amide bonds. The molecule has 0 N–H and O–H groups in total. The van der Waals surface area contributed by atoms with E-state index in [1.807, 2.05) is 18.2 Å². The van der Waals surface area contributed by atoms with Crippen molar-refractivity contribution in [2.45, 2.75) is 32.4 Å². The van der Waals surface area contributed by atoms with Gasteiger partial charge in [-0.25, -0.2) is 0 Å². The van der Waals surface area contributed by atoms with E-state index in [2.05, 4.69) is 65.2 Å². The van der Waals surface area contributed by atoms with E-state index in [0.717, 1.165) is 43.7 Å². The third-order valence-electron chi connectivity index (χ3n) is 5.32. The van der Waals surface area contributed by atoms with Gasteiger partial charge in [-0.1, -0.05) is 35.9 Å². The van der Waals surface area contributed by atoms with Gasteiger partial charge in [0.15, 0.2) is 0 Å². The minimum Gasteiger partial charge on any atom is -0.299 e. The molecule has 1 saturated heterocycles. The molecule has 0 unspecified atom stereocenters. The van der Waals surface area contributed by atoms with Crippen molar-refractivity contribution in [2.24, 2.45) is 0 Å². The second-order valence-electron chi connectivity index (χ2n) is 7.37. The number of aryl methyl sites for hydroxylation is 1. The van der Waals surface area contributed by atoms with Gasteiger partial charge in [0.25, 0.3) is 0 Å². The third-order valence-corrected chi connectivity index (χ3v) is 5.32. The number of nitriles is 1. The van der Waals surface area contributed by atoms with E-state index in [0.29, 0.717) is 6.04 Å². The lowest BCUT2D eigenvalue weighted by Crippen LogP contribution is -2.34. The van der Waals surface area contributed by atoms with Crippen LogP contribution >= 0.6 is 0 Å². The van der Waals surface area contributed by atoms with Crippen LogP contribution in [0.15, 0.2) is 60.8 Å². The molecule has 2 heterocycles. The standard InChI is InChI=1S/C23H24N4/c1-18-4-2-7-21(14-18)23-10-13-27(25-23)22-8-11-26(12-9-22)17-20-6-3-5-19(15-20)16-24/h2-7,10,13-15,22H,8-9,11-12,17H2,1H3. The Morgan fingerprint density at radius 1 is 1.07 bits per heavy atom. The Morgan fingerprint density at radius 3 is 2.67 bits per heavy atom. The number of piperidine rings is 1. The van der Waals surface area contributed by atoms with E-state index in [1.54, 1.807) is 0 Å². The van der Waals surface area contributed by atoms with E-state index >= 15 is 0 Å².